The molecule has 3 amide bonds. The molecule has 0 spiro atoms. The topological polar surface area (TPSA) is 203 Å². The van der Waals surface area contributed by atoms with Crippen LogP contribution in [0.1, 0.15) is 31.2 Å². The molecule has 3 aromatic rings. The van der Waals surface area contributed by atoms with Crippen LogP contribution in [-0.2, 0) is 50.1 Å². The second-order valence-electron chi connectivity index (χ2n) is 12.9. The zero-order valence-electron chi connectivity index (χ0n) is 32.2. The van der Waals surface area contributed by atoms with Gasteiger partial charge in [0.2, 0.25) is 5.91 Å². The Bertz CT molecular complexity index is 1820. The third-order valence-corrected chi connectivity index (χ3v) is 10.8. The minimum atomic E-state index is -4.54. The van der Waals surface area contributed by atoms with E-state index in [0.717, 1.165) is 16.7 Å². The van der Waals surface area contributed by atoms with Crippen molar-refractivity contribution in [1.82, 2.24) is 25.1 Å². The SMILES string of the molecule is COC(=O)CCCC(=O)N1CCN(CCOCCON([C@H](CCNC(=O)OCc2ccccc2)C(=O)NO)S(=O)(=O)c2ccc(-c3ccc(OC)cc3)cc2)CC1. The number of hydrogen-bond donors (Lipinski definition) is 3. The van der Waals surface area contributed by atoms with Crippen molar-refractivity contribution in [3.05, 3.63) is 84.4 Å². The number of nitrogens with one attached hydrogen (secondary N) is 2. The normalized spacial score (nSPS) is 13.8. The summed E-state index contributed by atoms with van der Waals surface area (Å²) in [6, 6.07) is 20.6. The molecule has 3 aromatic carbocycles. The molecule has 1 atom stereocenters. The summed E-state index contributed by atoms with van der Waals surface area (Å²) in [5.74, 6) is -0.772. The van der Waals surface area contributed by atoms with Crippen LogP contribution in [-0.4, -0.2) is 131 Å². The summed E-state index contributed by atoms with van der Waals surface area (Å²) in [4.78, 5) is 58.7. The number of sulfonamides is 1. The lowest BCUT2D eigenvalue weighted by molar-refractivity contribution is -0.159. The molecule has 4 rings (SSSR count). The molecule has 0 bridgehead atoms. The molecule has 1 saturated heterocycles. The summed E-state index contributed by atoms with van der Waals surface area (Å²) in [7, 11) is -1.67. The number of rotatable bonds is 22. The molecule has 1 heterocycles. The van der Waals surface area contributed by atoms with Crippen LogP contribution in [0.2, 0.25) is 0 Å². The van der Waals surface area contributed by atoms with Gasteiger partial charge in [-0.2, -0.15) is 0 Å². The van der Waals surface area contributed by atoms with E-state index in [-0.39, 0.29) is 69.0 Å². The van der Waals surface area contributed by atoms with Gasteiger partial charge in [0.1, 0.15) is 18.4 Å². The number of hydroxylamine groups is 2. The van der Waals surface area contributed by atoms with Gasteiger partial charge in [-0.05, 0) is 53.8 Å². The maximum atomic E-state index is 14.1. The van der Waals surface area contributed by atoms with Crippen molar-refractivity contribution in [2.24, 2.45) is 0 Å². The fraction of sp³-hybridized carbons (Fsp3) is 0.436. The smallest absolute Gasteiger partial charge is 0.407 e. The third-order valence-electron chi connectivity index (χ3n) is 9.10. The van der Waals surface area contributed by atoms with Crippen LogP contribution in [0.3, 0.4) is 0 Å². The van der Waals surface area contributed by atoms with Crippen LogP contribution in [0.15, 0.2) is 83.8 Å². The van der Waals surface area contributed by atoms with Gasteiger partial charge in [-0.15, -0.1) is 0 Å². The third kappa shape index (κ3) is 14.1. The number of alkyl carbamates (subject to hydrolysis) is 1. The number of methoxy groups -OCH3 is 2. The summed E-state index contributed by atoms with van der Waals surface area (Å²) in [6.45, 7) is 2.66. The minimum absolute atomic E-state index is 0.000998. The average Bonchev–Trinajstić information content (AvgIpc) is 3.24. The first-order valence-electron chi connectivity index (χ1n) is 18.5. The lowest BCUT2D eigenvalue weighted by Gasteiger charge is -2.34. The molecule has 0 unspecified atom stereocenters. The molecule has 0 aliphatic carbocycles. The molecule has 1 aliphatic rings. The van der Waals surface area contributed by atoms with Gasteiger partial charge in [-0.25, -0.2) is 18.7 Å². The Labute approximate surface area is 332 Å². The molecule has 3 N–H and O–H groups in total. The van der Waals surface area contributed by atoms with Gasteiger partial charge in [0.05, 0.1) is 38.9 Å². The van der Waals surface area contributed by atoms with Crippen molar-refractivity contribution in [1.29, 1.82) is 0 Å². The van der Waals surface area contributed by atoms with Crippen LogP contribution in [0.4, 0.5) is 4.79 Å². The first-order chi connectivity index (χ1) is 27.5. The first kappa shape index (κ1) is 44.6. The second kappa shape index (κ2) is 23.2. The summed E-state index contributed by atoms with van der Waals surface area (Å²) < 4.78 is 49.5. The predicted molar refractivity (Wildman–Crippen MR) is 206 cm³/mol. The Morgan fingerprint density at radius 1 is 0.842 bits per heavy atom. The fourth-order valence-electron chi connectivity index (χ4n) is 5.87. The lowest BCUT2D eigenvalue weighted by Crippen LogP contribution is -2.50. The second-order valence-corrected chi connectivity index (χ2v) is 14.7. The molecule has 17 nitrogen and oxygen atoms in total. The van der Waals surface area contributed by atoms with Gasteiger partial charge in [-0.1, -0.05) is 59.1 Å². The van der Waals surface area contributed by atoms with E-state index in [0.29, 0.717) is 49.4 Å². The quantitative estimate of drug-likeness (QED) is 0.0579. The van der Waals surface area contributed by atoms with Gasteiger partial charge < -0.3 is 29.2 Å². The Kier molecular flexibility index (Phi) is 18.2. The maximum absolute atomic E-state index is 14.1. The Morgan fingerprint density at radius 2 is 1.51 bits per heavy atom. The van der Waals surface area contributed by atoms with Crippen LogP contribution < -0.4 is 15.5 Å². The zero-order valence-corrected chi connectivity index (χ0v) is 33.0. The van der Waals surface area contributed by atoms with Crippen molar-refractivity contribution >= 4 is 33.9 Å². The molecular formula is C39H51N5O12S. The number of piperazine rings is 1. The summed E-state index contributed by atoms with van der Waals surface area (Å²) in [5.41, 5.74) is 3.81. The number of carbonyl (C=O) groups is 4. The van der Waals surface area contributed by atoms with Crippen molar-refractivity contribution in [3.8, 4) is 16.9 Å². The number of carbonyl (C=O) groups excluding carboxylic acids is 4. The van der Waals surface area contributed by atoms with E-state index in [2.05, 4.69) is 15.0 Å². The molecule has 18 heteroatoms. The number of amides is 3. The molecule has 310 valence electrons. The van der Waals surface area contributed by atoms with E-state index in [9.17, 15) is 32.8 Å². The van der Waals surface area contributed by atoms with Crippen molar-refractivity contribution in [3.63, 3.8) is 0 Å². The fourth-order valence-corrected chi connectivity index (χ4v) is 7.31. The Hall–Kier alpha value is -5.11. The van der Waals surface area contributed by atoms with E-state index >= 15 is 0 Å². The Morgan fingerprint density at radius 3 is 2.14 bits per heavy atom. The van der Waals surface area contributed by atoms with Crippen LogP contribution in [0, 0.1) is 0 Å². The highest BCUT2D eigenvalue weighted by Gasteiger charge is 2.37. The number of hydrogen-bond acceptors (Lipinski definition) is 13. The molecule has 0 saturated carbocycles. The van der Waals surface area contributed by atoms with E-state index in [1.807, 2.05) is 18.2 Å². The largest absolute Gasteiger partial charge is 0.497 e. The van der Waals surface area contributed by atoms with Crippen LogP contribution >= 0.6 is 0 Å². The zero-order chi connectivity index (χ0) is 41.0. The molecule has 1 aliphatic heterocycles. The van der Waals surface area contributed by atoms with E-state index < -0.39 is 28.1 Å². The van der Waals surface area contributed by atoms with Gasteiger partial charge in [-0.3, -0.25) is 29.3 Å². The number of ether oxygens (including phenoxy) is 4. The van der Waals surface area contributed by atoms with E-state index in [1.54, 1.807) is 60.5 Å². The Balaban J connectivity index is 1.35. The van der Waals surface area contributed by atoms with Crippen LogP contribution in [0.25, 0.3) is 11.1 Å². The standard InChI is InChI=1S/C39H51N5O12S/c1-52-33-15-11-31(12-16-33)32-13-17-34(18-14-32)57(50,51)44(35(38(47)41-49)19-20-40-39(48)55-29-30-7-4-3-5-8-30)56-28-27-54-26-25-42-21-23-43(24-22-42)36(45)9-6-10-37(46)53-2/h3-5,7-8,11-18,35,49H,6,9-10,19-29H2,1-2H3,(H,40,48)(H,41,47)/t35-/m1/s1. The van der Waals surface area contributed by atoms with Crippen LogP contribution in [0.5, 0.6) is 5.75 Å². The average molecular weight is 814 g/mol. The summed E-state index contributed by atoms with van der Waals surface area (Å²) >= 11 is 0. The molecule has 57 heavy (non-hydrogen) atoms. The number of nitrogens with zero attached hydrogens (tertiary/aromatic N) is 3. The lowest BCUT2D eigenvalue weighted by atomic mass is 10.1. The van der Waals surface area contributed by atoms with Gasteiger partial charge >= 0.3 is 12.1 Å². The van der Waals surface area contributed by atoms with Crippen molar-refractivity contribution < 1.29 is 56.6 Å². The molecule has 1 fully saturated rings. The number of esters is 1. The van der Waals surface area contributed by atoms with E-state index in [1.165, 1.54) is 24.7 Å². The van der Waals surface area contributed by atoms with Gasteiger partial charge in [0, 0.05) is 52.1 Å². The monoisotopic (exact) mass is 813 g/mol. The highest BCUT2D eigenvalue weighted by Crippen LogP contribution is 2.26. The highest BCUT2D eigenvalue weighted by molar-refractivity contribution is 7.89. The first-order valence-corrected chi connectivity index (χ1v) is 19.9. The van der Waals surface area contributed by atoms with Crippen molar-refractivity contribution in [2.45, 2.75) is 43.2 Å². The summed E-state index contributed by atoms with van der Waals surface area (Å²) in [5, 5.41) is 12.1. The minimum Gasteiger partial charge on any atom is -0.497 e. The molecule has 0 radical (unpaired) electrons. The maximum Gasteiger partial charge on any atom is 0.407 e. The summed E-state index contributed by atoms with van der Waals surface area (Å²) in [6.07, 6.45) is -0.175. The molecule has 0 aromatic heterocycles. The van der Waals surface area contributed by atoms with E-state index in [4.69, 9.17) is 19.0 Å². The highest BCUT2D eigenvalue weighted by atomic mass is 32.2. The molecular weight excluding hydrogens is 763 g/mol. The van der Waals surface area contributed by atoms with Crippen molar-refractivity contribution in [2.75, 3.05) is 73.3 Å². The predicted octanol–water partition coefficient (Wildman–Crippen LogP) is 2.98. The number of benzene rings is 3. The van der Waals surface area contributed by atoms with Gasteiger partial charge in [0.25, 0.3) is 15.9 Å². The van der Waals surface area contributed by atoms with Gasteiger partial charge in [0.15, 0.2) is 0 Å².